The molecular weight excluding hydrogens is 188 g/mol. The van der Waals surface area contributed by atoms with Crippen molar-refractivity contribution in [2.24, 2.45) is 23.7 Å². The minimum absolute atomic E-state index is 0.132. The molecule has 0 bridgehead atoms. The summed E-state index contributed by atoms with van der Waals surface area (Å²) in [5.41, 5.74) is 0. The second-order valence-corrected chi connectivity index (χ2v) is 5.52. The fraction of sp³-hybridized carbons (Fsp3) is 0.923. The van der Waals surface area contributed by atoms with Crippen LogP contribution in [0.15, 0.2) is 0 Å². The Morgan fingerprint density at radius 3 is 2.33 bits per heavy atom. The molecule has 0 spiro atoms. The number of ether oxygens (including phenoxy) is 1. The van der Waals surface area contributed by atoms with Crippen LogP contribution in [0.25, 0.3) is 0 Å². The third-order valence-corrected chi connectivity index (χ3v) is 3.58. The molecule has 0 aromatic rings. The average molecular weight is 212 g/mol. The molecule has 1 aliphatic carbocycles. The van der Waals surface area contributed by atoms with Crippen molar-refractivity contribution in [1.82, 2.24) is 0 Å². The van der Waals surface area contributed by atoms with Crippen molar-refractivity contribution in [3.05, 3.63) is 0 Å². The maximum absolute atomic E-state index is 11.1. The van der Waals surface area contributed by atoms with Gasteiger partial charge >= 0.3 is 5.97 Å². The second kappa shape index (κ2) is 5.00. The standard InChI is InChI=1S/C13H24O2/c1-8(2)13-10(4)6-9(3)7-12(13)15-11(5)14/h8-10,12-13H,6-7H2,1-5H3. The van der Waals surface area contributed by atoms with Crippen LogP contribution in [-0.2, 0) is 9.53 Å². The molecule has 0 N–H and O–H groups in total. The van der Waals surface area contributed by atoms with Gasteiger partial charge < -0.3 is 4.74 Å². The third-order valence-electron chi connectivity index (χ3n) is 3.58. The molecule has 1 aliphatic rings. The lowest BCUT2D eigenvalue weighted by Crippen LogP contribution is -2.40. The predicted molar refractivity (Wildman–Crippen MR) is 61.4 cm³/mol. The van der Waals surface area contributed by atoms with E-state index in [1.807, 2.05) is 0 Å². The summed E-state index contributed by atoms with van der Waals surface area (Å²) >= 11 is 0. The van der Waals surface area contributed by atoms with Crippen molar-refractivity contribution >= 4 is 5.97 Å². The van der Waals surface area contributed by atoms with Crippen LogP contribution in [0.2, 0.25) is 0 Å². The van der Waals surface area contributed by atoms with Crippen LogP contribution in [0.1, 0.15) is 47.5 Å². The molecule has 0 aliphatic heterocycles. The van der Waals surface area contributed by atoms with Crippen LogP contribution in [0.5, 0.6) is 0 Å². The van der Waals surface area contributed by atoms with Crippen molar-refractivity contribution in [2.75, 3.05) is 0 Å². The van der Waals surface area contributed by atoms with Crippen molar-refractivity contribution in [3.63, 3.8) is 0 Å². The Hall–Kier alpha value is -0.530. The minimum Gasteiger partial charge on any atom is -0.462 e. The normalized spacial score (nSPS) is 36.7. The first-order valence-corrected chi connectivity index (χ1v) is 6.09. The highest BCUT2D eigenvalue weighted by molar-refractivity contribution is 5.66. The van der Waals surface area contributed by atoms with Crippen LogP contribution < -0.4 is 0 Å². The van der Waals surface area contributed by atoms with Crippen LogP contribution in [0.4, 0.5) is 0 Å². The van der Waals surface area contributed by atoms with Gasteiger partial charge in [-0.05, 0) is 30.6 Å². The smallest absolute Gasteiger partial charge is 0.302 e. The van der Waals surface area contributed by atoms with Gasteiger partial charge in [-0.15, -0.1) is 0 Å². The molecule has 2 nitrogen and oxygen atoms in total. The fourth-order valence-corrected chi connectivity index (χ4v) is 3.23. The highest BCUT2D eigenvalue weighted by Gasteiger charge is 2.37. The van der Waals surface area contributed by atoms with Gasteiger partial charge in [0.15, 0.2) is 0 Å². The van der Waals surface area contributed by atoms with E-state index < -0.39 is 0 Å². The van der Waals surface area contributed by atoms with Gasteiger partial charge in [-0.25, -0.2) is 0 Å². The highest BCUT2D eigenvalue weighted by Crippen LogP contribution is 2.39. The first-order chi connectivity index (χ1) is 6.91. The first-order valence-electron chi connectivity index (χ1n) is 6.09. The van der Waals surface area contributed by atoms with E-state index >= 15 is 0 Å². The molecule has 2 heteroatoms. The molecule has 15 heavy (non-hydrogen) atoms. The van der Waals surface area contributed by atoms with E-state index in [2.05, 4.69) is 27.7 Å². The Labute approximate surface area is 93.4 Å². The Kier molecular flexibility index (Phi) is 4.18. The predicted octanol–water partition coefficient (Wildman–Crippen LogP) is 3.26. The average Bonchev–Trinajstić information content (AvgIpc) is 1.99. The van der Waals surface area contributed by atoms with Gasteiger partial charge in [-0.2, -0.15) is 0 Å². The summed E-state index contributed by atoms with van der Waals surface area (Å²) in [5.74, 6) is 2.34. The van der Waals surface area contributed by atoms with Crippen molar-refractivity contribution in [2.45, 2.75) is 53.6 Å². The quantitative estimate of drug-likeness (QED) is 0.657. The van der Waals surface area contributed by atoms with Gasteiger partial charge in [0.1, 0.15) is 6.10 Å². The van der Waals surface area contributed by atoms with E-state index in [4.69, 9.17) is 4.74 Å². The zero-order chi connectivity index (χ0) is 11.6. The number of hydrogen-bond acceptors (Lipinski definition) is 2. The maximum Gasteiger partial charge on any atom is 0.302 e. The molecule has 0 aromatic heterocycles. The van der Waals surface area contributed by atoms with Gasteiger partial charge in [0.05, 0.1) is 0 Å². The Morgan fingerprint density at radius 2 is 1.87 bits per heavy atom. The van der Waals surface area contributed by atoms with Crippen LogP contribution in [0.3, 0.4) is 0 Å². The van der Waals surface area contributed by atoms with E-state index in [1.54, 1.807) is 0 Å². The van der Waals surface area contributed by atoms with E-state index in [0.717, 1.165) is 6.42 Å². The molecular formula is C13H24O2. The minimum atomic E-state index is -0.132. The zero-order valence-corrected chi connectivity index (χ0v) is 10.6. The third kappa shape index (κ3) is 3.22. The molecule has 1 fully saturated rings. The summed E-state index contributed by atoms with van der Waals surface area (Å²) in [6.07, 6.45) is 2.44. The second-order valence-electron chi connectivity index (χ2n) is 5.52. The van der Waals surface area contributed by atoms with Gasteiger partial charge in [0.25, 0.3) is 0 Å². The molecule has 4 unspecified atom stereocenters. The lowest BCUT2D eigenvalue weighted by atomic mass is 9.69. The Morgan fingerprint density at radius 1 is 1.27 bits per heavy atom. The van der Waals surface area contributed by atoms with Gasteiger partial charge in [0, 0.05) is 12.8 Å². The molecule has 0 amide bonds. The first kappa shape index (κ1) is 12.5. The lowest BCUT2D eigenvalue weighted by Gasteiger charge is -2.41. The molecule has 0 radical (unpaired) electrons. The molecule has 1 rings (SSSR count). The number of esters is 1. The van der Waals surface area contributed by atoms with Crippen molar-refractivity contribution < 1.29 is 9.53 Å². The van der Waals surface area contributed by atoms with E-state index in [1.165, 1.54) is 13.3 Å². The Bertz CT molecular complexity index is 223. The molecule has 4 atom stereocenters. The molecule has 0 saturated heterocycles. The molecule has 88 valence electrons. The number of carbonyl (C=O) groups excluding carboxylic acids is 1. The molecule has 1 saturated carbocycles. The van der Waals surface area contributed by atoms with Crippen molar-refractivity contribution in [3.8, 4) is 0 Å². The zero-order valence-electron chi connectivity index (χ0n) is 10.6. The maximum atomic E-state index is 11.1. The SMILES string of the molecule is CC(=O)OC1CC(C)CC(C)C1C(C)C. The molecule has 0 heterocycles. The van der Waals surface area contributed by atoms with E-state index in [9.17, 15) is 4.79 Å². The lowest BCUT2D eigenvalue weighted by molar-refractivity contribution is -0.155. The van der Waals surface area contributed by atoms with Crippen LogP contribution in [0, 0.1) is 23.7 Å². The molecule has 0 aromatic carbocycles. The topological polar surface area (TPSA) is 26.3 Å². The van der Waals surface area contributed by atoms with Gasteiger partial charge in [-0.1, -0.05) is 27.7 Å². The van der Waals surface area contributed by atoms with Gasteiger partial charge in [0.2, 0.25) is 0 Å². The summed E-state index contributed by atoms with van der Waals surface area (Å²) in [5, 5.41) is 0. The van der Waals surface area contributed by atoms with E-state index in [-0.39, 0.29) is 12.1 Å². The van der Waals surface area contributed by atoms with Crippen molar-refractivity contribution in [1.29, 1.82) is 0 Å². The number of rotatable bonds is 2. The number of hydrogen-bond donors (Lipinski definition) is 0. The monoisotopic (exact) mass is 212 g/mol. The van der Waals surface area contributed by atoms with Crippen LogP contribution >= 0.6 is 0 Å². The van der Waals surface area contributed by atoms with E-state index in [0.29, 0.717) is 23.7 Å². The Balaban J connectivity index is 2.72. The van der Waals surface area contributed by atoms with Gasteiger partial charge in [-0.3, -0.25) is 4.79 Å². The largest absolute Gasteiger partial charge is 0.462 e. The summed E-state index contributed by atoms with van der Waals surface area (Å²) in [6, 6.07) is 0. The fourth-order valence-electron chi connectivity index (χ4n) is 3.23. The van der Waals surface area contributed by atoms with Crippen LogP contribution in [-0.4, -0.2) is 12.1 Å². The number of carbonyl (C=O) groups is 1. The summed E-state index contributed by atoms with van der Waals surface area (Å²) in [4.78, 5) is 11.1. The highest BCUT2D eigenvalue weighted by atomic mass is 16.5. The summed E-state index contributed by atoms with van der Waals surface area (Å²) in [6.45, 7) is 10.5. The summed E-state index contributed by atoms with van der Waals surface area (Å²) < 4.78 is 5.47. The summed E-state index contributed by atoms with van der Waals surface area (Å²) in [7, 11) is 0.